The number of amidine groups is 7. The van der Waals surface area contributed by atoms with Crippen LogP contribution in [0, 0.1) is 0 Å². The van der Waals surface area contributed by atoms with E-state index in [2.05, 4.69) is 17.4 Å². The Balaban J connectivity index is 0.00000391. The van der Waals surface area contributed by atoms with Gasteiger partial charge in [-0.2, -0.15) is 0 Å². The number of hydrogen-bond donors (Lipinski definition) is 1. The third-order valence-electron chi connectivity index (χ3n) is 12.0. The van der Waals surface area contributed by atoms with Gasteiger partial charge in [0.05, 0.1) is 17.4 Å². The Labute approximate surface area is 363 Å². The number of aromatic nitrogens is 1. The van der Waals surface area contributed by atoms with Gasteiger partial charge in [0.1, 0.15) is 17.3 Å². The maximum absolute atomic E-state index is 5.57. The maximum Gasteiger partial charge on any atom is 2.00 e. The first-order valence-corrected chi connectivity index (χ1v) is 20.0. The Hall–Kier alpha value is -7.99. The zero-order valence-electron chi connectivity index (χ0n) is 32.2. The Morgan fingerprint density at radius 1 is 0.403 bits per heavy atom. The molecule has 2 unspecified atom stereocenters. The van der Waals surface area contributed by atoms with Crippen molar-refractivity contribution in [3.63, 3.8) is 0 Å². The van der Waals surface area contributed by atoms with Crippen LogP contribution in [-0.2, 0) is 28.5 Å². The number of nitrogens with zero attached hydrogens (tertiary/aromatic N) is 11. The van der Waals surface area contributed by atoms with Gasteiger partial charge in [-0.15, -0.1) is 0 Å². The van der Waals surface area contributed by atoms with E-state index in [1.807, 2.05) is 140 Å². The van der Waals surface area contributed by atoms with Gasteiger partial charge in [-0.25, -0.2) is 25.0 Å². The van der Waals surface area contributed by atoms with E-state index < -0.39 is 11.4 Å². The summed E-state index contributed by atoms with van der Waals surface area (Å²) in [6, 6.07) is 48.1. The van der Waals surface area contributed by atoms with Crippen molar-refractivity contribution < 1.29 is 17.1 Å². The Kier molecular flexibility index (Phi) is 7.03. The van der Waals surface area contributed by atoms with Gasteiger partial charge in [-0.05, 0) is 28.0 Å². The standard InChI is InChI=1S/C49H26N12.Cu/c1-2-14-27-26(13-1)38-25-48-36-23-11-9-21-34(36)46(58-48)56-47-35-22-10-12-24-37(35)49(61-47,59-44-32-19-7-4-16-29(32)40(54-44)51-39(27)50-38)60-45-33-20-8-5-17-30(33)42(55-45)52-41-28-15-3-6-18-31(28)43(53-41)57-48;/h1-25H,(H-2,50,51,52,53,54,55,56,57,58,59,60,61);/q-2;+2/b38-25-;. The Morgan fingerprint density at radius 3 is 1.69 bits per heavy atom. The molecule has 8 heterocycles. The summed E-state index contributed by atoms with van der Waals surface area (Å²) < 4.78 is 0. The minimum absolute atomic E-state index is 0. The van der Waals surface area contributed by atoms with Crippen LogP contribution in [0.4, 0.5) is 0 Å². The van der Waals surface area contributed by atoms with Crippen LogP contribution in [0.3, 0.4) is 0 Å². The van der Waals surface area contributed by atoms with Gasteiger partial charge in [0, 0.05) is 55.5 Å². The molecular formula is C49H26CuN12. The van der Waals surface area contributed by atoms with Gasteiger partial charge < -0.3 is 30.6 Å². The number of fused-ring (bicyclic) bond motifs is 19. The molecule has 12 bridgehead atoms. The van der Waals surface area contributed by atoms with Gasteiger partial charge in [0.25, 0.3) is 0 Å². The quantitative estimate of drug-likeness (QED) is 0.175. The largest absolute Gasteiger partial charge is 2.00 e. The van der Waals surface area contributed by atoms with Crippen molar-refractivity contribution in [2.75, 3.05) is 0 Å². The first kappa shape index (κ1) is 34.8. The van der Waals surface area contributed by atoms with Gasteiger partial charge in [0.15, 0.2) is 11.7 Å². The molecule has 0 spiro atoms. The topological polar surface area (TPSA) is 151 Å². The van der Waals surface area contributed by atoms with Crippen LogP contribution in [0.5, 0.6) is 0 Å². The van der Waals surface area contributed by atoms with Gasteiger partial charge in [-0.1, -0.05) is 151 Å². The summed E-state index contributed by atoms with van der Waals surface area (Å²) in [6.45, 7) is 0. The predicted octanol–water partition coefficient (Wildman–Crippen LogP) is 6.42. The number of rotatable bonds is 0. The number of hydrogen-bond acceptors (Lipinski definition) is 10. The molecule has 7 aliphatic heterocycles. The fourth-order valence-electron chi connectivity index (χ4n) is 9.25. The van der Waals surface area contributed by atoms with E-state index in [1.54, 1.807) is 0 Å². The predicted molar refractivity (Wildman–Crippen MR) is 235 cm³/mol. The maximum atomic E-state index is 5.57. The molecule has 0 aliphatic carbocycles. The van der Waals surface area contributed by atoms with Crippen molar-refractivity contribution in [2.45, 2.75) is 11.4 Å². The number of benzene rings is 6. The summed E-state index contributed by atoms with van der Waals surface area (Å²) in [7, 11) is 0. The number of aliphatic imine (C=N–C) groups is 7. The smallest absolute Gasteiger partial charge is 0.432 e. The van der Waals surface area contributed by atoms with Gasteiger partial charge in [-0.3, -0.25) is 4.99 Å². The minimum Gasteiger partial charge on any atom is -0.432 e. The monoisotopic (exact) mass is 845 g/mol. The minimum atomic E-state index is -1.60. The second kappa shape index (κ2) is 12.5. The van der Waals surface area contributed by atoms with Crippen molar-refractivity contribution in [1.29, 1.82) is 0 Å². The summed E-state index contributed by atoms with van der Waals surface area (Å²) in [5.74, 6) is 1.91. The summed E-state index contributed by atoms with van der Waals surface area (Å²) in [4.78, 5) is 53.3. The average Bonchev–Trinajstić information content (AvgIpc) is 4.13. The fourth-order valence-corrected chi connectivity index (χ4v) is 9.25. The molecule has 2 atom stereocenters. The molecule has 1 aromatic heterocycles. The van der Waals surface area contributed by atoms with E-state index in [9.17, 15) is 0 Å². The SMILES string of the molecule is C1=C2\N=C(NC3=N/C(=N\C45N=C(N=C6[N-]C/1(/N=C1\N=C(N=c7[n-]/c(c8ccccc78)=N\4)c4ccccc41)c1ccccc16)c1ccccc15)c1ccccc13)c1ccccc12.[Cu+2]. The number of nitrogens with one attached hydrogen (secondary N) is 1. The van der Waals surface area contributed by atoms with Crippen molar-refractivity contribution in [3.05, 3.63) is 224 Å². The molecule has 14 rings (SSSR count). The van der Waals surface area contributed by atoms with E-state index in [4.69, 9.17) is 55.2 Å². The summed E-state index contributed by atoms with van der Waals surface area (Å²) >= 11 is 0. The van der Waals surface area contributed by atoms with Crippen molar-refractivity contribution in [3.8, 4) is 0 Å². The Bertz CT molecular complexity index is 3620. The normalized spacial score (nSPS) is 24.3. The Morgan fingerprint density at radius 2 is 0.935 bits per heavy atom. The zero-order valence-corrected chi connectivity index (χ0v) is 33.1. The van der Waals surface area contributed by atoms with Crippen LogP contribution in [-0.4, -0.2) is 40.8 Å². The first-order chi connectivity index (χ1) is 30.1. The van der Waals surface area contributed by atoms with Crippen molar-refractivity contribution >= 4 is 57.3 Å². The molecule has 0 amide bonds. The summed E-state index contributed by atoms with van der Waals surface area (Å²) in [5, 5.41) is 10.7. The molecule has 62 heavy (non-hydrogen) atoms. The van der Waals surface area contributed by atoms with E-state index >= 15 is 0 Å². The van der Waals surface area contributed by atoms with Crippen LogP contribution in [0.2, 0.25) is 0 Å². The second-order valence-corrected chi connectivity index (χ2v) is 15.5. The molecule has 7 aromatic rings. The van der Waals surface area contributed by atoms with Crippen LogP contribution < -0.4 is 21.3 Å². The van der Waals surface area contributed by atoms with Crippen LogP contribution in [0.1, 0.15) is 55.6 Å². The van der Waals surface area contributed by atoms with E-state index in [0.29, 0.717) is 57.5 Å². The molecule has 293 valence electrons. The average molecular weight is 846 g/mol. The molecule has 13 heteroatoms. The molecule has 7 aliphatic rings. The van der Waals surface area contributed by atoms with E-state index in [1.165, 1.54) is 0 Å². The van der Waals surface area contributed by atoms with E-state index in [0.717, 1.165) is 66.4 Å². The second-order valence-electron chi connectivity index (χ2n) is 15.5. The molecule has 1 radical (unpaired) electrons. The molecule has 1 N–H and O–H groups in total. The van der Waals surface area contributed by atoms with Crippen LogP contribution in [0.25, 0.3) is 21.8 Å². The van der Waals surface area contributed by atoms with Crippen LogP contribution in [0.15, 0.2) is 197 Å². The fraction of sp³-hybridized carbons (Fsp3) is 0.0408. The molecule has 6 aromatic carbocycles. The molecule has 12 nitrogen and oxygen atoms in total. The van der Waals surface area contributed by atoms with Crippen molar-refractivity contribution in [1.82, 2.24) is 10.3 Å². The zero-order chi connectivity index (χ0) is 39.9. The summed E-state index contributed by atoms with van der Waals surface area (Å²) in [6.07, 6.45) is 2.02. The van der Waals surface area contributed by atoms with E-state index in [-0.39, 0.29) is 17.1 Å². The first-order valence-electron chi connectivity index (χ1n) is 20.0. The molecule has 0 saturated heterocycles. The van der Waals surface area contributed by atoms with Gasteiger partial charge >= 0.3 is 17.1 Å². The van der Waals surface area contributed by atoms with Gasteiger partial charge in [0.2, 0.25) is 5.79 Å². The van der Waals surface area contributed by atoms with Crippen LogP contribution >= 0.6 is 0 Å². The summed E-state index contributed by atoms with van der Waals surface area (Å²) in [5.41, 5.74) is 8.51. The molecule has 0 fully saturated rings. The third kappa shape index (κ3) is 4.79. The third-order valence-corrected chi connectivity index (χ3v) is 12.0. The van der Waals surface area contributed by atoms with Crippen molar-refractivity contribution in [2.24, 2.45) is 44.9 Å². The molecule has 0 saturated carbocycles. The molecular weight excluding hydrogens is 820 g/mol.